The number of hydrogen-bond acceptors (Lipinski definition) is 2. The van der Waals surface area contributed by atoms with E-state index in [-0.39, 0.29) is 11.9 Å². The van der Waals surface area contributed by atoms with Crippen LogP contribution in [0.4, 0.5) is 0 Å². The van der Waals surface area contributed by atoms with Gasteiger partial charge in [-0.2, -0.15) is 0 Å². The van der Waals surface area contributed by atoms with E-state index in [1.54, 1.807) is 18.2 Å². The SMILES string of the molecule is C=C/C=C/C[C@H](O)C/C=C\C=C\C(C)=O. The van der Waals surface area contributed by atoms with Crippen LogP contribution in [0.2, 0.25) is 0 Å². The van der Waals surface area contributed by atoms with Crippen molar-refractivity contribution in [2.45, 2.75) is 25.9 Å². The standard InChI is InChI=1S/C13H18O2/c1-3-4-6-10-13(15)11-8-5-7-9-12(2)14/h3-9,13,15H,1,10-11H2,2H3/b6-4+,8-5-,9-7+/t13-/m0/s1. The van der Waals surface area contributed by atoms with Gasteiger partial charge in [-0.15, -0.1) is 0 Å². The molecule has 0 bridgehead atoms. The Hall–Kier alpha value is -1.41. The smallest absolute Gasteiger partial charge is 0.152 e. The summed E-state index contributed by atoms with van der Waals surface area (Å²) < 4.78 is 0. The van der Waals surface area contributed by atoms with Crippen LogP contribution in [0.3, 0.4) is 0 Å². The van der Waals surface area contributed by atoms with E-state index in [1.807, 2.05) is 18.2 Å². The molecule has 1 atom stereocenters. The van der Waals surface area contributed by atoms with Crippen molar-refractivity contribution in [1.82, 2.24) is 0 Å². The number of carbonyl (C=O) groups is 1. The minimum absolute atomic E-state index is 0.0223. The third-order valence-electron chi connectivity index (χ3n) is 1.67. The van der Waals surface area contributed by atoms with Crippen LogP contribution in [0.5, 0.6) is 0 Å². The number of aliphatic hydroxyl groups excluding tert-OH is 1. The lowest BCUT2D eigenvalue weighted by Crippen LogP contribution is -2.02. The van der Waals surface area contributed by atoms with Gasteiger partial charge < -0.3 is 5.11 Å². The Morgan fingerprint density at radius 1 is 1.27 bits per heavy atom. The Kier molecular flexibility index (Phi) is 8.30. The summed E-state index contributed by atoms with van der Waals surface area (Å²) in [5.74, 6) is 0.0223. The third-order valence-corrected chi connectivity index (χ3v) is 1.67. The van der Waals surface area contributed by atoms with E-state index >= 15 is 0 Å². The topological polar surface area (TPSA) is 37.3 Å². The van der Waals surface area contributed by atoms with Crippen molar-refractivity contribution < 1.29 is 9.90 Å². The minimum atomic E-state index is -0.372. The van der Waals surface area contributed by atoms with Crippen molar-refractivity contribution >= 4 is 5.78 Å². The van der Waals surface area contributed by atoms with Gasteiger partial charge in [0.1, 0.15) is 0 Å². The van der Waals surface area contributed by atoms with Crippen LogP contribution in [0, 0.1) is 0 Å². The average molecular weight is 206 g/mol. The highest BCUT2D eigenvalue weighted by atomic mass is 16.3. The van der Waals surface area contributed by atoms with E-state index in [9.17, 15) is 9.90 Å². The summed E-state index contributed by atoms with van der Waals surface area (Å²) in [5, 5.41) is 9.46. The van der Waals surface area contributed by atoms with E-state index in [0.29, 0.717) is 12.8 Å². The number of hydrogen-bond donors (Lipinski definition) is 1. The Morgan fingerprint density at radius 3 is 2.40 bits per heavy atom. The Bertz CT molecular complexity index is 272. The number of rotatable bonds is 7. The quantitative estimate of drug-likeness (QED) is 0.513. The number of carbonyl (C=O) groups excluding carboxylic acids is 1. The van der Waals surface area contributed by atoms with Gasteiger partial charge in [0.2, 0.25) is 0 Å². The second-order valence-electron chi connectivity index (χ2n) is 3.19. The summed E-state index contributed by atoms with van der Waals surface area (Å²) in [4.78, 5) is 10.5. The molecule has 0 aromatic heterocycles. The van der Waals surface area contributed by atoms with Gasteiger partial charge in [-0.3, -0.25) is 4.79 Å². The van der Waals surface area contributed by atoms with Gasteiger partial charge in [-0.05, 0) is 25.8 Å². The predicted molar refractivity (Wildman–Crippen MR) is 63.5 cm³/mol. The van der Waals surface area contributed by atoms with Crippen LogP contribution in [0.15, 0.2) is 49.1 Å². The Morgan fingerprint density at radius 2 is 1.87 bits per heavy atom. The van der Waals surface area contributed by atoms with Crippen molar-refractivity contribution in [1.29, 1.82) is 0 Å². The van der Waals surface area contributed by atoms with Crippen molar-refractivity contribution in [2.24, 2.45) is 0 Å². The van der Waals surface area contributed by atoms with E-state index in [2.05, 4.69) is 6.58 Å². The molecule has 0 aromatic rings. The molecule has 0 radical (unpaired) electrons. The molecule has 0 rings (SSSR count). The van der Waals surface area contributed by atoms with Crippen molar-refractivity contribution in [2.75, 3.05) is 0 Å². The molecule has 15 heavy (non-hydrogen) atoms. The third kappa shape index (κ3) is 10.5. The lowest BCUT2D eigenvalue weighted by Gasteiger charge is -2.02. The summed E-state index contributed by atoms with van der Waals surface area (Å²) in [6, 6.07) is 0. The number of ketones is 1. The van der Waals surface area contributed by atoms with Crippen molar-refractivity contribution in [3.8, 4) is 0 Å². The molecule has 0 aromatic carbocycles. The Labute approximate surface area is 91.3 Å². The zero-order valence-electron chi connectivity index (χ0n) is 9.10. The second kappa shape index (κ2) is 9.16. The largest absolute Gasteiger partial charge is 0.392 e. The van der Waals surface area contributed by atoms with E-state index in [1.165, 1.54) is 13.0 Å². The first-order chi connectivity index (χ1) is 7.16. The molecule has 0 amide bonds. The summed E-state index contributed by atoms with van der Waals surface area (Å²) in [7, 11) is 0. The maximum absolute atomic E-state index is 10.5. The molecular formula is C13H18O2. The summed E-state index contributed by atoms with van der Waals surface area (Å²) in [6.07, 6.45) is 13.0. The first-order valence-electron chi connectivity index (χ1n) is 4.96. The molecule has 1 N–H and O–H groups in total. The van der Waals surface area contributed by atoms with Crippen molar-refractivity contribution in [3.63, 3.8) is 0 Å². The average Bonchev–Trinajstić information content (AvgIpc) is 2.17. The van der Waals surface area contributed by atoms with Crippen LogP contribution in [-0.4, -0.2) is 17.0 Å². The summed E-state index contributed by atoms with van der Waals surface area (Å²) in [6.45, 7) is 5.04. The lowest BCUT2D eigenvalue weighted by atomic mass is 10.1. The maximum atomic E-state index is 10.5. The monoisotopic (exact) mass is 206 g/mol. The van der Waals surface area contributed by atoms with Gasteiger partial charge in [0.15, 0.2) is 5.78 Å². The highest BCUT2D eigenvalue weighted by Gasteiger charge is 1.96. The first-order valence-corrected chi connectivity index (χ1v) is 4.96. The zero-order chi connectivity index (χ0) is 11.5. The molecule has 0 unspecified atom stereocenters. The Balaban J connectivity index is 3.70. The van der Waals surface area contributed by atoms with Crippen LogP contribution in [0.1, 0.15) is 19.8 Å². The van der Waals surface area contributed by atoms with Gasteiger partial charge in [-0.1, -0.05) is 43.0 Å². The van der Waals surface area contributed by atoms with Gasteiger partial charge in [0.25, 0.3) is 0 Å². The summed E-state index contributed by atoms with van der Waals surface area (Å²) >= 11 is 0. The molecular weight excluding hydrogens is 188 g/mol. The van der Waals surface area contributed by atoms with Crippen LogP contribution in [-0.2, 0) is 4.79 Å². The summed E-state index contributed by atoms with van der Waals surface area (Å²) in [5.41, 5.74) is 0. The van der Waals surface area contributed by atoms with Crippen LogP contribution >= 0.6 is 0 Å². The van der Waals surface area contributed by atoms with Crippen LogP contribution < -0.4 is 0 Å². The molecule has 2 heteroatoms. The van der Waals surface area contributed by atoms with Crippen molar-refractivity contribution in [3.05, 3.63) is 49.1 Å². The molecule has 0 aliphatic carbocycles. The molecule has 0 saturated heterocycles. The van der Waals surface area contributed by atoms with E-state index in [4.69, 9.17) is 0 Å². The molecule has 0 heterocycles. The molecule has 0 saturated carbocycles. The predicted octanol–water partition coefficient (Wildman–Crippen LogP) is 2.57. The fourth-order valence-corrected chi connectivity index (χ4v) is 0.933. The number of aliphatic hydroxyl groups is 1. The molecule has 0 aliphatic rings. The van der Waals surface area contributed by atoms with E-state index in [0.717, 1.165) is 0 Å². The van der Waals surface area contributed by atoms with Gasteiger partial charge in [0, 0.05) is 0 Å². The highest BCUT2D eigenvalue weighted by molar-refractivity contribution is 5.87. The second-order valence-corrected chi connectivity index (χ2v) is 3.19. The van der Waals surface area contributed by atoms with Gasteiger partial charge >= 0.3 is 0 Å². The van der Waals surface area contributed by atoms with E-state index < -0.39 is 0 Å². The lowest BCUT2D eigenvalue weighted by molar-refractivity contribution is -0.112. The maximum Gasteiger partial charge on any atom is 0.152 e. The molecule has 0 spiro atoms. The van der Waals surface area contributed by atoms with Gasteiger partial charge in [0.05, 0.1) is 6.10 Å². The van der Waals surface area contributed by atoms with Crippen LogP contribution in [0.25, 0.3) is 0 Å². The van der Waals surface area contributed by atoms with Gasteiger partial charge in [-0.25, -0.2) is 0 Å². The highest BCUT2D eigenvalue weighted by Crippen LogP contribution is 2.00. The fourth-order valence-electron chi connectivity index (χ4n) is 0.933. The molecule has 0 fully saturated rings. The molecule has 0 aliphatic heterocycles. The molecule has 2 nitrogen and oxygen atoms in total. The number of allylic oxidation sites excluding steroid dienone is 5. The fraction of sp³-hybridized carbons (Fsp3) is 0.308. The minimum Gasteiger partial charge on any atom is -0.392 e. The molecule has 82 valence electrons. The normalized spacial score (nSPS) is 14.0. The zero-order valence-corrected chi connectivity index (χ0v) is 9.10. The first kappa shape index (κ1) is 13.6.